The highest BCUT2D eigenvalue weighted by Crippen LogP contribution is 2.21. The van der Waals surface area contributed by atoms with Crippen molar-refractivity contribution in [1.82, 2.24) is 0 Å². The second-order valence-electron chi connectivity index (χ2n) is 4.89. The molecule has 3 N–H and O–H groups in total. The van der Waals surface area contributed by atoms with Crippen molar-refractivity contribution >= 4 is 0 Å². The molecule has 80 valence electrons. The van der Waals surface area contributed by atoms with Crippen molar-refractivity contribution in [2.45, 2.75) is 52.5 Å². The fourth-order valence-electron chi connectivity index (χ4n) is 1.27. The van der Waals surface area contributed by atoms with Crippen molar-refractivity contribution < 1.29 is 5.11 Å². The molecule has 0 saturated heterocycles. The molecule has 0 aliphatic heterocycles. The lowest BCUT2D eigenvalue weighted by Crippen LogP contribution is -2.37. The SMILES string of the molecule is CC(C)C(C)CCC(C)(N)CCO. The van der Waals surface area contributed by atoms with E-state index in [-0.39, 0.29) is 12.1 Å². The first-order valence-corrected chi connectivity index (χ1v) is 5.29. The average molecular weight is 187 g/mol. The van der Waals surface area contributed by atoms with Gasteiger partial charge in [0.2, 0.25) is 0 Å². The van der Waals surface area contributed by atoms with Gasteiger partial charge in [0, 0.05) is 12.1 Å². The topological polar surface area (TPSA) is 46.2 Å². The normalized spacial score (nSPS) is 18.7. The van der Waals surface area contributed by atoms with Crippen LogP contribution in [0.3, 0.4) is 0 Å². The molecule has 2 atom stereocenters. The van der Waals surface area contributed by atoms with E-state index in [1.54, 1.807) is 0 Å². The van der Waals surface area contributed by atoms with E-state index < -0.39 is 0 Å². The molecule has 0 aliphatic rings. The van der Waals surface area contributed by atoms with Crippen LogP contribution in [-0.4, -0.2) is 17.3 Å². The monoisotopic (exact) mass is 187 g/mol. The summed E-state index contributed by atoms with van der Waals surface area (Å²) in [5.41, 5.74) is 5.83. The Morgan fingerprint density at radius 2 is 1.77 bits per heavy atom. The Bertz CT molecular complexity index is 132. The standard InChI is InChI=1S/C11H25NO/c1-9(2)10(3)5-6-11(4,12)7-8-13/h9-10,13H,5-8,12H2,1-4H3. The number of aliphatic hydroxyl groups excluding tert-OH is 1. The number of hydrogen-bond donors (Lipinski definition) is 2. The summed E-state index contributed by atoms with van der Waals surface area (Å²) in [6.07, 6.45) is 2.87. The minimum atomic E-state index is -0.183. The van der Waals surface area contributed by atoms with Gasteiger partial charge in [0.1, 0.15) is 0 Å². The van der Waals surface area contributed by atoms with Crippen molar-refractivity contribution in [3.8, 4) is 0 Å². The van der Waals surface area contributed by atoms with Crippen molar-refractivity contribution in [1.29, 1.82) is 0 Å². The Hall–Kier alpha value is -0.0800. The maximum Gasteiger partial charge on any atom is 0.0448 e. The molecule has 0 radical (unpaired) electrons. The second kappa shape index (κ2) is 5.61. The lowest BCUT2D eigenvalue weighted by molar-refractivity contribution is 0.228. The lowest BCUT2D eigenvalue weighted by Gasteiger charge is -2.26. The summed E-state index contributed by atoms with van der Waals surface area (Å²) in [5.74, 6) is 1.45. The second-order valence-corrected chi connectivity index (χ2v) is 4.89. The quantitative estimate of drug-likeness (QED) is 0.669. The van der Waals surface area contributed by atoms with Crippen LogP contribution in [0.15, 0.2) is 0 Å². The van der Waals surface area contributed by atoms with Crippen molar-refractivity contribution in [2.24, 2.45) is 17.6 Å². The van der Waals surface area contributed by atoms with Crippen LogP contribution in [0, 0.1) is 11.8 Å². The Balaban J connectivity index is 3.73. The molecular formula is C11H25NO. The maximum atomic E-state index is 8.80. The summed E-state index contributed by atoms with van der Waals surface area (Å²) < 4.78 is 0. The molecule has 0 rings (SSSR count). The summed E-state index contributed by atoms with van der Waals surface area (Å²) in [6, 6.07) is 0. The van der Waals surface area contributed by atoms with Gasteiger partial charge < -0.3 is 10.8 Å². The Labute approximate surface area is 82.5 Å². The third-order valence-corrected chi connectivity index (χ3v) is 2.99. The van der Waals surface area contributed by atoms with Crippen LogP contribution in [0.5, 0.6) is 0 Å². The zero-order chi connectivity index (χ0) is 10.5. The van der Waals surface area contributed by atoms with E-state index in [9.17, 15) is 0 Å². The largest absolute Gasteiger partial charge is 0.396 e. The van der Waals surface area contributed by atoms with Crippen LogP contribution < -0.4 is 5.73 Å². The van der Waals surface area contributed by atoms with Crippen molar-refractivity contribution in [3.05, 3.63) is 0 Å². The fourth-order valence-corrected chi connectivity index (χ4v) is 1.27. The zero-order valence-corrected chi connectivity index (χ0v) is 9.51. The van der Waals surface area contributed by atoms with E-state index in [2.05, 4.69) is 20.8 Å². The molecule has 2 unspecified atom stereocenters. The maximum absolute atomic E-state index is 8.80. The molecule has 0 aromatic carbocycles. The third-order valence-electron chi connectivity index (χ3n) is 2.99. The Morgan fingerprint density at radius 1 is 1.23 bits per heavy atom. The molecule has 0 aliphatic carbocycles. The molecular weight excluding hydrogens is 162 g/mol. The minimum absolute atomic E-state index is 0.183. The molecule has 2 nitrogen and oxygen atoms in total. The summed E-state index contributed by atoms with van der Waals surface area (Å²) in [5, 5.41) is 8.80. The summed E-state index contributed by atoms with van der Waals surface area (Å²) >= 11 is 0. The van der Waals surface area contributed by atoms with Crippen LogP contribution >= 0.6 is 0 Å². The Morgan fingerprint density at radius 3 is 2.15 bits per heavy atom. The first-order valence-electron chi connectivity index (χ1n) is 5.29. The van der Waals surface area contributed by atoms with Gasteiger partial charge in [-0.25, -0.2) is 0 Å². The first-order chi connectivity index (χ1) is 5.89. The zero-order valence-electron chi connectivity index (χ0n) is 9.51. The molecule has 0 spiro atoms. The summed E-state index contributed by atoms with van der Waals surface area (Å²) in [6.45, 7) is 8.97. The fraction of sp³-hybridized carbons (Fsp3) is 1.00. The van der Waals surface area contributed by atoms with Gasteiger partial charge >= 0.3 is 0 Å². The molecule has 0 heterocycles. The van der Waals surface area contributed by atoms with E-state index in [1.807, 2.05) is 6.92 Å². The molecule has 0 bridgehead atoms. The minimum Gasteiger partial charge on any atom is -0.396 e. The summed E-state index contributed by atoms with van der Waals surface area (Å²) in [7, 11) is 0. The molecule has 0 aromatic rings. The number of aliphatic hydroxyl groups is 1. The predicted octanol–water partition coefficient (Wildman–Crippen LogP) is 2.16. The van der Waals surface area contributed by atoms with Crippen molar-refractivity contribution in [3.63, 3.8) is 0 Å². The van der Waals surface area contributed by atoms with Crippen molar-refractivity contribution in [2.75, 3.05) is 6.61 Å². The van der Waals surface area contributed by atoms with E-state index in [1.165, 1.54) is 0 Å². The molecule has 0 saturated carbocycles. The van der Waals surface area contributed by atoms with Gasteiger partial charge in [-0.05, 0) is 38.0 Å². The van der Waals surface area contributed by atoms with Crippen LogP contribution in [0.4, 0.5) is 0 Å². The van der Waals surface area contributed by atoms with E-state index in [0.717, 1.165) is 24.7 Å². The first kappa shape index (κ1) is 12.9. The van der Waals surface area contributed by atoms with E-state index in [0.29, 0.717) is 6.42 Å². The van der Waals surface area contributed by atoms with E-state index >= 15 is 0 Å². The number of nitrogens with two attached hydrogens (primary N) is 1. The van der Waals surface area contributed by atoms with Gasteiger partial charge in [-0.1, -0.05) is 20.8 Å². The highest BCUT2D eigenvalue weighted by atomic mass is 16.3. The third kappa shape index (κ3) is 6.05. The van der Waals surface area contributed by atoms with Gasteiger partial charge in [-0.15, -0.1) is 0 Å². The number of rotatable bonds is 6. The molecule has 0 fully saturated rings. The van der Waals surface area contributed by atoms with Gasteiger partial charge in [-0.3, -0.25) is 0 Å². The van der Waals surface area contributed by atoms with Crippen LogP contribution in [-0.2, 0) is 0 Å². The van der Waals surface area contributed by atoms with Crippen LogP contribution in [0.1, 0.15) is 47.0 Å². The van der Waals surface area contributed by atoms with Gasteiger partial charge in [0.15, 0.2) is 0 Å². The van der Waals surface area contributed by atoms with Crippen LogP contribution in [0.25, 0.3) is 0 Å². The average Bonchev–Trinajstić information content (AvgIpc) is 2.00. The molecule has 0 amide bonds. The molecule has 2 heteroatoms. The molecule has 0 aromatic heterocycles. The molecule has 13 heavy (non-hydrogen) atoms. The van der Waals surface area contributed by atoms with Gasteiger partial charge in [0.05, 0.1) is 0 Å². The van der Waals surface area contributed by atoms with Crippen LogP contribution in [0.2, 0.25) is 0 Å². The highest BCUT2D eigenvalue weighted by Gasteiger charge is 2.19. The van der Waals surface area contributed by atoms with Gasteiger partial charge in [-0.2, -0.15) is 0 Å². The number of hydrogen-bond acceptors (Lipinski definition) is 2. The lowest BCUT2D eigenvalue weighted by atomic mass is 9.86. The summed E-state index contributed by atoms with van der Waals surface area (Å²) in [4.78, 5) is 0. The van der Waals surface area contributed by atoms with Gasteiger partial charge in [0.25, 0.3) is 0 Å². The smallest absolute Gasteiger partial charge is 0.0448 e. The predicted molar refractivity (Wildman–Crippen MR) is 57.5 cm³/mol. The van der Waals surface area contributed by atoms with E-state index in [4.69, 9.17) is 10.8 Å². The highest BCUT2D eigenvalue weighted by molar-refractivity contribution is 4.79. The Kier molecular flexibility index (Phi) is 5.57.